The summed E-state index contributed by atoms with van der Waals surface area (Å²) in [6, 6.07) is 10.7. The number of nitrogens with two attached hydrogens (primary N) is 1. The molecule has 0 radical (unpaired) electrons. The topological polar surface area (TPSA) is 35.2 Å². The Balaban J connectivity index is 2.20. The van der Waals surface area contributed by atoms with Gasteiger partial charge in [0, 0.05) is 16.1 Å². The Morgan fingerprint density at radius 2 is 1.67 bits per heavy atom. The standard InChI is InChI=1S/C15H13ClF3NO/c16-12-7-3-1-5-10(12)9-21-13-8-4-2-6-11(13)14(20)15(17,18)19/h1-8,14H,9,20H2/t14-/m1/s1. The fraction of sp³-hybridized carbons (Fsp3) is 0.200. The first-order chi connectivity index (χ1) is 9.89. The first-order valence-corrected chi connectivity index (χ1v) is 6.55. The molecule has 0 fully saturated rings. The van der Waals surface area contributed by atoms with Gasteiger partial charge in [0.25, 0.3) is 0 Å². The van der Waals surface area contributed by atoms with Gasteiger partial charge in [-0.3, -0.25) is 0 Å². The summed E-state index contributed by atoms with van der Waals surface area (Å²) >= 11 is 5.98. The van der Waals surface area contributed by atoms with E-state index in [9.17, 15) is 13.2 Å². The lowest BCUT2D eigenvalue weighted by Crippen LogP contribution is -2.28. The Labute approximate surface area is 125 Å². The van der Waals surface area contributed by atoms with Crippen molar-refractivity contribution in [2.45, 2.75) is 18.8 Å². The minimum Gasteiger partial charge on any atom is -0.489 e. The van der Waals surface area contributed by atoms with Crippen LogP contribution in [0, 0.1) is 0 Å². The zero-order valence-electron chi connectivity index (χ0n) is 10.9. The zero-order chi connectivity index (χ0) is 15.5. The van der Waals surface area contributed by atoms with Gasteiger partial charge >= 0.3 is 6.18 Å². The summed E-state index contributed by atoms with van der Waals surface area (Å²) in [5, 5.41) is 0.495. The molecule has 0 saturated carbocycles. The van der Waals surface area contributed by atoms with Crippen LogP contribution in [0.2, 0.25) is 5.02 Å². The van der Waals surface area contributed by atoms with Crippen LogP contribution in [0.3, 0.4) is 0 Å². The van der Waals surface area contributed by atoms with Crippen LogP contribution in [0.4, 0.5) is 13.2 Å². The molecular formula is C15H13ClF3NO. The minimum atomic E-state index is -4.52. The van der Waals surface area contributed by atoms with Crippen molar-refractivity contribution < 1.29 is 17.9 Å². The SMILES string of the molecule is N[C@H](c1ccccc1OCc1ccccc1Cl)C(F)(F)F. The molecule has 2 N–H and O–H groups in total. The average Bonchev–Trinajstić information content (AvgIpc) is 2.45. The summed E-state index contributed by atoms with van der Waals surface area (Å²) in [5.74, 6) is 0.0993. The van der Waals surface area contributed by atoms with Crippen LogP contribution < -0.4 is 10.5 Å². The Kier molecular flexibility index (Phi) is 4.75. The largest absolute Gasteiger partial charge is 0.489 e. The molecule has 0 aliphatic rings. The molecule has 2 aromatic carbocycles. The van der Waals surface area contributed by atoms with E-state index in [0.717, 1.165) is 0 Å². The molecule has 1 atom stereocenters. The predicted octanol–water partition coefficient (Wildman–Crippen LogP) is 4.48. The van der Waals surface area contributed by atoms with E-state index in [1.807, 2.05) is 0 Å². The lowest BCUT2D eigenvalue weighted by atomic mass is 10.1. The summed E-state index contributed by atoms with van der Waals surface area (Å²) in [4.78, 5) is 0. The minimum absolute atomic E-state index is 0.0707. The molecule has 0 bridgehead atoms. The lowest BCUT2D eigenvalue weighted by Gasteiger charge is -2.19. The van der Waals surface area contributed by atoms with Crippen molar-refractivity contribution in [3.63, 3.8) is 0 Å². The molecule has 0 aliphatic carbocycles. The molecule has 21 heavy (non-hydrogen) atoms. The lowest BCUT2D eigenvalue weighted by molar-refractivity contribution is -0.149. The maximum atomic E-state index is 12.7. The smallest absolute Gasteiger partial charge is 0.407 e. The van der Waals surface area contributed by atoms with Crippen LogP contribution in [-0.4, -0.2) is 6.18 Å². The van der Waals surface area contributed by atoms with Gasteiger partial charge in [-0.2, -0.15) is 13.2 Å². The van der Waals surface area contributed by atoms with Gasteiger partial charge in [-0.05, 0) is 12.1 Å². The number of benzene rings is 2. The molecule has 2 nitrogen and oxygen atoms in total. The fourth-order valence-electron chi connectivity index (χ4n) is 1.82. The highest BCUT2D eigenvalue weighted by Crippen LogP contribution is 2.35. The second-order valence-corrected chi connectivity index (χ2v) is 4.84. The first kappa shape index (κ1) is 15.7. The van der Waals surface area contributed by atoms with E-state index in [-0.39, 0.29) is 17.9 Å². The van der Waals surface area contributed by atoms with Gasteiger partial charge in [-0.1, -0.05) is 48.0 Å². The molecule has 112 valence electrons. The Bertz CT molecular complexity index is 616. The van der Waals surface area contributed by atoms with Gasteiger partial charge in [0.15, 0.2) is 0 Å². The number of hydrogen-bond acceptors (Lipinski definition) is 2. The first-order valence-electron chi connectivity index (χ1n) is 6.17. The van der Waals surface area contributed by atoms with E-state index >= 15 is 0 Å². The molecule has 0 unspecified atom stereocenters. The third-order valence-corrected chi connectivity index (χ3v) is 3.32. The quantitative estimate of drug-likeness (QED) is 0.902. The number of alkyl halides is 3. The Hall–Kier alpha value is -1.72. The number of halogens is 4. The summed E-state index contributed by atoms with van der Waals surface area (Å²) in [5.41, 5.74) is 5.83. The van der Waals surface area contributed by atoms with Gasteiger partial charge in [0.1, 0.15) is 18.4 Å². The highest BCUT2D eigenvalue weighted by molar-refractivity contribution is 6.31. The second-order valence-electron chi connectivity index (χ2n) is 4.44. The summed E-state index contributed by atoms with van der Waals surface area (Å²) in [7, 11) is 0. The van der Waals surface area contributed by atoms with E-state index in [1.165, 1.54) is 18.2 Å². The fourth-order valence-corrected chi connectivity index (χ4v) is 2.01. The van der Waals surface area contributed by atoms with Crippen molar-refractivity contribution in [3.05, 3.63) is 64.7 Å². The highest BCUT2D eigenvalue weighted by Gasteiger charge is 2.39. The van der Waals surface area contributed by atoms with Crippen LogP contribution >= 0.6 is 11.6 Å². The molecule has 0 aliphatic heterocycles. The van der Waals surface area contributed by atoms with E-state index in [1.54, 1.807) is 30.3 Å². The zero-order valence-corrected chi connectivity index (χ0v) is 11.7. The monoisotopic (exact) mass is 315 g/mol. The molecular weight excluding hydrogens is 303 g/mol. The van der Waals surface area contributed by atoms with Gasteiger partial charge in [0.05, 0.1) is 0 Å². The maximum absolute atomic E-state index is 12.7. The van der Waals surface area contributed by atoms with E-state index in [2.05, 4.69) is 0 Å². The summed E-state index contributed by atoms with van der Waals surface area (Å²) in [6.07, 6.45) is -4.52. The predicted molar refractivity (Wildman–Crippen MR) is 75.2 cm³/mol. The molecule has 0 saturated heterocycles. The summed E-state index contributed by atoms with van der Waals surface area (Å²) < 4.78 is 43.7. The van der Waals surface area contributed by atoms with Crippen molar-refractivity contribution in [2.24, 2.45) is 5.73 Å². The van der Waals surface area contributed by atoms with Crippen molar-refractivity contribution in [1.82, 2.24) is 0 Å². The van der Waals surface area contributed by atoms with Crippen LogP contribution in [0.5, 0.6) is 5.75 Å². The third-order valence-electron chi connectivity index (χ3n) is 2.95. The highest BCUT2D eigenvalue weighted by atomic mass is 35.5. The van der Waals surface area contributed by atoms with Crippen LogP contribution in [0.15, 0.2) is 48.5 Å². The van der Waals surface area contributed by atoms with Gasteiger partial charge in [-0.25, -0.2) is 0 Å². The number of rotatable bonds is 4. The Morgan fingerprint density at radius 3 is 2.33 bits per heavy atom. The van der Waals surface area contributed by atoms with Gasteiger partial charge < -0.3 is 10.5 Å². The average molecular weight is 316 g/mol. The van der Waals surface area contributed by atoms with Crippen molar-refractivity contribution >= 4 is 11.6 Å². The number of para-hydroxylation sites is 1. The molecule has 6 heteroatoms. The van der Waals surface area contributed by atoms with Gasteiger partial charge in [0.2, 0.25) is 0 Å². The van der Waals surface area contributed by atoms with Crippen LogP contribution in [0.1, 0.15) is 17.2 Å². The van der Waals surface area contributed by atoms with E-state index in [4.69, 9.17) is 22.1 Å². The molecule has 0 heterocycles. The Morgan fingerprint density at radius 1 is 1.05 bits per heavy atom. The van der Waals surface area contributed by atoms with Crippen LogP contribution in [0.25, 0.3) is 0 Å². The third kappa shape index (κ3) is 3.89. The number of ether oxygens (including phenoxy) is 1. The van der Waals surface area contributed by atoms with E-state index < -0.39 is 12.2 Å². The van der Waals surface area contributed by atoms with Crippen molar-refractivity contribution in [1.29, 1.82) is 0 Å². The molecule has 2 aromatic rings. The second kappa shape index (κ2) is 6.37. The molecule has 0 aromatic heterocycles. The maximum Gasteiger partial charge on any atom is 0.407 e. The normalized spacial score (nSPS) is 13.0. The summed E-state index contributed by atoms with van der Waals surface area (Å²) in [6.45, 7) is 0.0707. The molecule has 0 spiro atoms. The molecule has 2 rings (SSSR count). The van der Waals surface area contributed by atoms with Gasteiger partial charge in [-0.15, -0.1) is 0 Å². The van der Waals surface area contributed by atoms with Crippen molar-refractivity contribution in [3.8, 4) is 5.75 Å². The van der Waals surface area contributed by atoms with Crippen molar-refractivity contribution in [2.75, 3.05) is 0 Å². The van der Waals surface area contributed by atoms with E-state index in [0.29, 0.717) is 10.6 Å². The molecule has 0 amide bonds. The van der Waals surface area contributed by atoms with Crippen LogP contribution in [-0.2, 0) is 6.61 Å². The number of hydrogen-bond donors (Lipinski definition) is 1.